The fraction of sp³-hybridized carbons (Fsp3) is 0.389. The van der Waals surface area contributed by atoms with Gasteiger partial charge in [-0.05, 0) is 55.6 Å². The number of hydrogen-bond acceptors (Lipinski definition) is 3. The number of hydrogen-bond donors (Lipinski definition) is 1. The Balaban J connectivity index is 1.64. The minimum atomic E-state index is 0.203. The maximum Gasteiger partial charge on any atom is 0.119 e. The maximum absolute atomic E-state index is 6.07. The zero-order valence-electron chi connectivity index (χ0n) is 12.5. The molecular weight excluding hydrogens is 260 g/mol. The summed E-state index contributed by atoms with van der Waals surface area (Å²) in [5.74, 6) is 0.933. The highest BCUT2D eigenvalue weighted by molar-refractivity contribution is 5.62. The number of piperidine rings is 1. The predicted octanol–water partition coefficient (Wildman–Crippen LogP) is 3.66. The van der Waals surface area contributed by atoms with Gasteiger partial charge in [0.05, 0.1) is 0 Å². The number of nitrogens with one attached hydrogen (secondary N) is 1. The van der Waals surface area contributed by atoms with Gasteiger partial charge < -0.3 is 10.1 Å². The fourth-order valence-corrected chi connectivity index (χ4v) is 2.84. The van der Waals surface area contributed by atoms with Crippen molar-refractivity contribution < 1.29 is 4.74 Å². The number of pyridine rings is 1. The summed E-state index contributed by atoms with van der Waals surface area (Å²) >= 11 is 0. The molecule has 1 aromatic carbocycles. The zero-order valence-corrected chi connectivity index (χ0v) is 12.5. The molecule has 1 aliphatic rings. The standard InChI is InChI=1S/C18H22N2O/c1-14(18-6-2-3-12-20-18)21-17-9-7-15(8-10-17)16-5-4-11-19-13-16/h4-5,7-11,13-14,18,20H,2-3,6,12H2,1H3. The Hall–Kier alpha value is -1.87. The summed E-state index contributed by atoms with van der Waals surface area (Å²) in [6, 6.07) is 12.8. The quantitative estimate of drug-likeness (QED) is 0.929. The van der Waals surface area contributed by atoms with Crippen LogP contribution in [-0.2, 0) is 0 Å². The third-order valence-corrected chi connectivity index (χ3v) is 4.09. The van der Waals surface area contributed by atoms with Gasteiger partial charge in [0.2, 0.25) is 0 Å². The lowest BCUT2D eigenvalue weighted by atomic mass is 10.0. The summed E-state index contributed by atoms with van der Waals surface area (Å²) in [5, 5.41) is 3.54. The SMILES string of the molecule is CC(Oc1ccc(-c2cccnc2)cc1)C1CCCCN1. The normalized spacial score (nSPS) is 20.0. The van der Waals surface area contributed by atoms with E-state index in [0.29, 0.717) is 6.04 Å². The molecule has 3 rings (SSSR count). The summed E-state index contributed by atoms with van der Waals surface area (Å²) in [6.45, 7) is 3.26. The van der Waals surface area contributed by atoms with E-state index in [4.69, 9.17) is 4.74 Å². The van der Waals surface area contributed by atoms with Crippen LogP contribution in [0.1, 0.15) is 26.2 Å². The average Bonchev–Trinajstić information content (AvgIpc) is 2.57. The molecule has 2 aromatic rings. The van der Waals surface area contributed by atoms with Crippen molar-refractivity contribution in [2.75, 3.05) is 6.54 Å². The molecule has 0 spiro atoms. The van der Waals surface area contributed by atoms with E-state index < -0.39 is 0 Å². The number of benzene rings is 1. The molecule has 1 saturated heterocycles. The van der Waals surface area contributed by atoms with Crippen LogP contribution >= 0.6 is 0 Å². The van der Waals surface area contributed by atoms with Gasteiger partial charge in [0.25, 0.3) is 0 Å². The van der Waals surface area contributed by atoms with Crippen molar-refractivity contribution in [1.29, 1.82) is 0 Å². The molecule has 2 unspecified atom stereocenters. The number of rotatable bonds is 4. The molecule has 110 valence electrons. The molecule has 3 heteroatoms. The first kappa shape index (κ1) is 14.1. The Bertz CT molecular complexity index is 547. The summed E-state index contributed by atoms with van der Waals surface area (Å²) in [4.78, 5) is 4.15. The third kappa shape index (κ3) is 3.61. The lowest BCUT2D eigenvalue weighted by Gasteiger charge is -2.29. The highest BCUT2D eigenvalue weighted by Gasteiger charge is 2.20. The Morgan fingerprint density at radius 2 is 2.00 bits per heavy atom. The van der Waals surface area contributed by atoms with E-state index in [2.05, 4.69) is 35.4 Å². The molecule has 1 aromatic heterocycles. The van der Waals surface area contributed by atoms with Gasteiger partial charge in [-0.25, -0.2) is 0 Å². The minimum absolute atomic E-state index is 0.203. The highest BCUT2D eigenvalue weighted by Crippen LogP contribution is 2.23. The van der Waals surface area contributed by atoms with Gasteiger partial charge in [-0.1, -0.05) is 24.6 Å². The summed E-state index contributed by atoms with van der Waals surface area (Å²) in [6.07, 6.45) is 7.66. The van der Waals surface area contributed by atoms with Crippen molar-refractivity contribution in [3.63, 3.8) is 0 Å². The van der Waals surface area contributed by atoms with Crippen LogP contribution in [0.4, 0.5) is 0 Å². The molecule has 21 heavy (non-hydrogen) atoms. The van der Waals surface area contributed by atoms with Crippen LogP contribution < -0.4 is 10.1 Å². The van der Waals surface area contributed by atoms with Crippen molar-refractivity contribution in [3.8, 4) is 16.9 Å². The van der Waals surface area contributed by atoms with Crippen LogP contribution in [0.25, 0.3) is 11.1 Å². The summed E-state index contributed by atoms with van der Waals surface area (Å²) < 4.78 is 6.07. The van der Waals surface area contributed by atoms with E-state index in [-0.39, 0.29) is 6.10 Å². The van der Waals surface area contributed by atoms with Crippen LogP contribution in [0.2, 0.25) is 0 Å². The second-order valence-corrected chi connectivity index (χ2v) is 5.65. The van der Waals surface area contributed by atoms with E-state index >= 15 is 0 Å². The lowest BCUT2D eigenvalue weighted by Crippen LogP contribution is -2.44. The molecule has 2 atom stereocenters. The Morgan fingerprint density at radius 3 is 2.67 bits per heavy atom. The van der Waals surface area contributed by atoms with E-state index in [1.165, 1.54) is 24.8 Å². The molecule has 0 aliphatic carbocycles. The van der Waals surface area contributed by atoms with Gasteiger partial charge >= 0.3 is 0 Å². The highest BCUT2D eigenvalue weighted by atomic mass is 16.5. The largest absolute Gasteiger partial charge is 0.489 e. The van der Waals surface area contributed by atoms with Crippen LogP contribution in [0.15, 0.2) is 48.8 Å². The first-order valence-corrected chi connectivity index (χ1v) is 7.73. The lowest BCUT2D eigenvalue weighted by molar-refractivity contribution is 0.152. The van der Waals surface area contributed by atoms with E-state index in [1.54, 1.807) is 6.20 Å². The second kappa shape index (κ2) is 6.72. The molecule has 1 N–H and O–H groups in total. The Morgan fingerprint density at radius 1 is 1.14 bits per heavy atom. The van der Waals surface area contributed by atoms with E-state index in [1.807, 2.05) is 24.4 Å². The minimum Gasteiger partial charge on any atom is -0.489 e. The van der Waals surface area contributed by atoms with Gasteiger partial charge in [0, 0.05) is 18.4 Å². The smallest absolute Gasteiger partial charge is 0.119 e. The van der Waals surface area contributed by atoms with Crippen LogP contribution in [-0.4, -0.2) is 23.7 Å². The van der Waals surface area contributed by atoms with Crippen LogP contribution in [0.3, 0.4) is 0 Å². The van der Waals surface area contributed by atoms with Crippen molar-refractivity contribution in [2.45, 2.75) is 38.3 Å². The van der Waals surface area contributed by atoms with Gasteiger partial charge in [0.15, 0.2) is 0 Å². The van der Waals surface area contributed by atoms with Crippen LogP contribution in [0.5, 0.6) is 5.75 Å². The Labute approximate surface area is 126 Å². The average molecular weight is 282 g/mol. The first-order chi connectivity index (χ1) is 10.3. The number of nitrogens with zero attached hydrogens (tertiary/aromatic N) is 1. The molecule has 2 heterocycles. The van der Waals surface area contributed by atoms with Gasteiger partial charge in [-0.3, -0.25) is 4.98 Å². The fourth-order valence-electron chi connectivity index (χ4n) is 2.84. The summed E-state index contributed by atoms with van der Waals surface area (Å²) in [5.41, 5.74) is 2.30. The van der Waals surface area contributed by atoms with Crippen molar-refractivity contribution in [1.82, 2.24) is 10.3 Å². The van der Waals surface area contributed by atoms with Gasteiger partial charge in [0.1, 0.15) is 11.9 Å². The van der Waals surface area contributed by atoms with Crippen molar-refractivity contribution >= 4 is 0 Å². The van der Waals surface area contributed by atoms with E-state index in [0.717, 1.165) is 17.9 Å². The molecule has 1 fully saturated rings. The van der Waals surface area contributed by atoms with E-state index in [9.17, 15) is 0 Å². The molecule has 0 amide bonds. The van der Waals surface area contributed by atoms with Crippen LogP contribution in [0, 0.1) is 0 Å². The van der Waals surface area contributed by atoms with Crippen molar-refractivity contribution in [3.05, 3.63) is 48.8 Å². The van der Waals surface area contributed by atoms with Crippen molar-refractivity contribution in [2.24, 2.45) is 0 Å². The predicted molar refractivity (Wildman–Crippen MR) is 85.4 cm³/mol. The molecule has 1 aliphatic heterocycles. The molecule has 0 radical (unpaired) electrons. The topological polar surface area (TPSA) is 34.1 Å². The van der Waals surface area contributed by atoms with Gasteiger partial charge in [-0.15, -0.1) is 0 Å². The molecule has 3 nitrogen and oxygen atoms in total. The maximum atomic E-state index is 6.07. The monoisotopic (exact) mass is 282 g/mol. The molecular formula is C18H22N2O. The summed E-state index contributed by atoms with van der Waals surface area (Å²) in [7, 11) is 0. The molecule has 0 saturated carbocycles. The number of ether oxygens (including phenoxy) is 1. The third-order valence-electron chi connectivity index (χ3n) is 4.09. The zero-order chi connectivity index (χ0) is 14.5. The van der Waals surface area contributed by atoms with Gasteiger partial charge in [-0.2, -0.15) is 0 Å². The molecule has 0 bridgehead atoms. The second-order valence-electron chi connectivity index (χ2n) is 5.65. The Kier molecular flexibility index (Phi) is 4.51. The number of aromatic nitrogens is 1. The first-order valence-electron chi connectivity index (χ1n) is 7.73.